The van der Waals surface area contributed by atoms with Crippen LogP contribution in [0, 0.1) is 0 Å². The number of esters is 1. The molecule has 1 aromatic rings. The Morgan fingerprint density at radius 2 is 2.38 bits per heavy atom. The first-order valence-electron chi connectivity index (χ1n) is 4.34. The number of aryl methyl sites for hydroxylation is 1. The van der Waals surface area contributed by atoms with Crippen molar-refractivity contribution in [2.24, 2.45) is 7.05 Å². The number of aromatic nitrogens is 2. The van der Waals surface area contributed by atoms with E-state index in [9.17, 15) is 4.79 Å². The summed E-state index contributed by atoms with van der Waals surface area (Å²) in [6, 6.07) is 0. The van der Waals surface area contributed by atoms with Gasteiger partial charge in [0.15, 0.2) is 0 Å². The zero-order valence-electron chi connectivity index (χ0n) is 7.78. The molecule has 0 aliphatic heterocycles. The zero-order chi connectivity index (χ0) is 9.42. The van der Waals surface area contributed by atoms with Gasteiger partial charge in [-0.1, -0.05) is 0 Å². The van der Waals surface area contributed by atoms with E-state index in [4.69, 9.17) is 0 Å². The molecule has 1 heterocycles. The highest BCUT2D eigenvalue weighted by Gasteiger charge is 2.28. The highest BCUT2D eigenvalue weighted by atomic mass is 16.5. The Hall–Kier alpha value is -1.32. The van der Waals surface area contributed by atoms with Crippen LogP contribution >= 0.6 is 0 Å². The number of rotatable bonds is 2. The lowest BCUT2D eigenvalue weighted by Gasteiger charge is -1.96. The number of nitrogens with zero attached hydrogens (tertiary/aromatic N) is 2. The molecule has 1 saturated carbocycles. The van der Waals surface area contributed by atoms with Gasteiger partial charge in [-0.3, -0.25) is 0 Å². The average Bonchev–Trinajstić information content (AvgIpc) is 2.89. The van der Waals surface area contributed by atoms with Crippen molar-refractivity contribution in [3.8, 4) is 0 Å². The Balaban J connectivity index is 2.29. The zero-order valence-corrected chi connectivity index (χ0v) is 7.78. The minimum atomic E-state index is -0.366. The fourth-order valence-corrected chi connectivity index (χ4v) is 1.35. The van der Waals surface area contributed by atoms with E-state index in [1.807, 2.05) is 13.2 Å². The quantitative estimate of drug-likeness (QED) is 0.640. The minimum Gasteiger partial charge on any atom is -0.463 e. The van der Waals surface area contributed by atoms with Crippen molar-refractivity contribution >= 4 is 5.97 Å². The molecule has 0 spiro atoms. The molecule has 0 unspecified atom stereocenters. The molecule has 70 valence electrons. The van der Waals surface area contributed by atoms with Gasteiger partial charge in [0.2, 0.25) is 5.82 Å². The first kappa shape index (κ1) is 8.29. The number of imidazole rings is 1. The molecule has 1 aliphatic carbocycles. The minimum absolute atomic E-state index is 0.366. The Labute approximate surface area is 76.5 Å². The summed E-state index contributed by atoms with van der Waals surface area (Å²) in [7, 11) is 3.18. The van der Waals surface area contributed by atoms with Gasteiger partial charge >= 0.3 is 5.97 Å². The third kappa shape index (κ3) is 1.43. The van der Waals surface area contributed by atoms with Gasteiger partial charge in [-0.2, -0.15) is 0 Å². The van der Waals surface area contributed by atoms with E-state index >= 15 is 0 Å². The smallest absolute Gasteiger partial charge is 0.374 e. The summed E-state index contributed by atoms with van der Waals surface area (Å²) in [5.74, 6) is 0.600. The molecule has 0 atom stereocenters. The molecular formula is C9H12N2O2. The number of carbonyl (C=O) groups excluding carboxylic acids is 1. The van der Waals surface area contributed by atoms with Gasteiger partial charge in [-0.25, -0.2) is 9.78 Å². The standard InChI is InChI=1S/C9H12N2O2/c1-11-5-7(6-3-4-6)10-8(11)9(12)13-2/h5-6H,3-4H2,1-2H3. The molecule has 13 heavy (non-hydrogen) atoms. The highest BCUT2D eigenvalue weighted by Crippen LogP contribution is 2.39. The molecule has 0 aromatic carbocycles. The van der Waals surface area contributed by atoms with E-state index in [0.717, 1.165) is 5.69 Å². The SMILES string of the molecule is COC(=O)c1nc(C2CC2)cn1C. The summed E-state index contributed by atoms with van der Waals surface area (Å²) >= 11 is 0. The van der Waals surface area contributed by atoms with Crippen LogP contribution in [0.1, 0.15) is 35.1 Å². The van der Waals surface area contributed by atoms with Crippen LogP contribution in [0.3, 0.4) is 0 Å². The Morgan fingerprint density at radius 3 is 2.92 bits per heavy atom. The van der Waals surface area contributed by atoms with E-state index in [0.29, 0.717) is 11.7 Å². The maximum Gasteiger partial charge on any atom is 0.374 e. The third-order valence-electron chi connectivity index (χ3n) is 2.26. The molecule has 0 amide bonds. The maximum absolute atomic E-state index is 11.2. The van der Waals surface area contributed by atoms with Crippen molar-refractivity contribution in [2.45, 2.75) is 18.8 Å². The molecule has 0 saturated heterocycles. The molecule has 0 radical (unpaired) electrons. The second kappa shape index (κ2) is 2.87. The number of carbonyl (C=O) groups is 1. The molecule has 2 rings (SSSR count). The van der Waals surface area contributed by atoms with Crippen LogP contribution in [-0.4, -0.2) is 22.6 Å². The Morgan fingerprint density at radius 1 is 1.69 bits per heavy atom. The van der Waals surface area contributed by atoms with E-state index < -0.39 is 0 Å². The fraction of sp³-hybridized carbons (Fsp3) is 0.556. The average molecular weight is 180 g/mol. The second-order valence-electron chi connectivity index (χ2n) is 3.37. The summed E-state index contributed by atoms with van der Waals surface area (Å²) in [4.78, 5) is 15.4. The van der Waals surface area contributed by atoms with Gasteiger partial charge in [0.1, 0.15) is 0 Å². The van der Waals surface area contributed by atoms with E-state index in [2.05, 4.69) is 9.72 Å². The van der Waals surface area contributed by atoms with Gasteiger partial charge in [-0.05, 0) is 12.8 Å². The maximum atomic E-state index is 11.2. The van der Waals surface area contributed by atoms with Crippen molar-refractivity contribution in [3.63, 3.8) is 0 Å². The van der Waals surface area contributed by atoms with Gasteiger partial charge in [0, 0.05) is 19.2 Å². The molecule has 0 N–H and O–H groups in total. The molecule has 0 bridgehead atoms. The first-order chi connectivity index (χ1) is 6.22. The summed E-state index contributed by atoms with van der Waals surface area (Å²) < 4.78 is 6.33. The van der Waals surface area contributed by atoms with Gasteiger partial charge in [0.25, 0.3) is 0 Å². The number of methoxy groups -OCH3 is 1. The summed E-state index contributed by atoms with van der Waals surface area (Å²) in [5, 5.41) is 0. The van der Waals surface area contributed by atoms with Crippen LogP contribution in [0.15, 0.2) is 6.20 Å². The first-order valence-corrected chi connectivity index (χ1v) is 4.34. The molecule has 4 nitrogen and oxygen atoms in total. The number of hydrogen-bond acceptors (Lipinski definition) is 3. The van der Waals surface area contributed by atoms with Crippen LogP contribution in [0.25, 0.3) is 0 Å². The van der Waals surface area contributed by atoms with Crippen molar-refractivity contribution in [2.75, 3.05) is 7.11 Å². The second-order valence-corrected chi connectivity index (χ2v) is 3.37. The van der Waals surface area contributed by atoms with E-state index in [1.54, 1.807) is 4.57 Å². The molecule has 1 aliphatic rings. The van der Waals surface area contributed by atoms with Crippen LogP contribution in [0.4, 0.5) is 0 Å². The van der Waals surface area contributed by atoms with Crippen molar-refractivity contribution in [1.82, 2.24) is 9.55 Å². The summed E-state index contributed by atoms with van der Waals surface area (Å²) in [6.45, 7) is 0. The lowest BCUT2D eigenvalue weighted by Crippen LogP contribution is -2.08. The van der Waals surface area contributed by atoms with Crippen LogP contribution in [-0.2, 0) is 11.8 Å². The summed E-state index contributed by atoms with van der Waals surface area (Å²) in [6.07, 6.45) is 4.29. The number of ether oxygens (including phenoxy) is 1. The topological polar surface area (TPSA) is 44.1 Å². The Kier molecular flexibility index (Phi) is 1.83. The third-order valence-corrected chi connectivity index (χ3v) is 2.26. The van der Waals surface area contributed by atoms with E-state index in [1.165, 1.54) is 20.0 Å². The predicted octanol–water partition coefficient (Wildman–Crippen LogP) is 1.08. The number of hydrogen-bond donors (Lipinski definition) is 0. The van der Waals surface area contributed by atoms with Crippen LogP contribution < -0.4 is 0 Å². The van der Waals surface area contributed by atoms with Gasteiger partial charge < -0.3 is 9.30 Å². The molecule has 1 fully saturated rings. The van der Waals surface area contributed by atoms with E-state index in [-0.39, 0.29) is 5.97 Å². The van der Waals surface area contributed by atoms with Crippen LogP contribution in [0.5, 0.6) is 0 Å². The van der Waals surface area contributed by atoms with Gasteiger partial charge in [-0.15, -0.1) is 0 Å². The summed E-state index contributed by atoms with van der Waals surface area (Å²) in [5.41, 5.74) is 1.02. The Bertz CT molecular complexity index is 339. The monoisotopic (exact) mass is 180 g/mol. The molecular weight excluding hydrogens is 168 g/mol. The van der Waals surface area contributed by atoms with Gasteiger partial charge in [0.05, 0.1) is 12.8 Å². The lowest BCUT2D eigenvalue weighted by molar-refractivity contribution is 0.0582. The normalized spacial score (nSPS) is 15.8. The van der Waals surface area contributed by atoms with Crippen molar-refractivity contribution in [3.05, 3.63) is 17.7 Å². The largest absolute Gasteiger partial charge is 0.463 e. The molecule has 1 aromatic heterocycles. The van der Waals surface area contributed by atoms with Crippen molar-refractivity contribution in [1.29, 1.82) is 0 Å². The highest BCUT2D eigenvalue weighted by molar-refractivity contribution is 5.85. The molecule has 4 heteroatoms. The fourth-order valence-electron chi connectivity index (χ4n) is 1.35. The van der Waals surface area contributed by atoms with Crippen LogP contribution in [0.2, 0.25) is 0 Å². The lowest BCUT2D eigenvalue weighted by atomic mass is 10.3. The van der Waals surface area contributed by atoms with Crippen molar-refractivity contribution < 1.29 is 9.53 Å². The predicted molar refractivity (Wildman–Crippen MR) is 46.5 cm³/mol.